The van der Waals surface area contributed by atoms with Gasteiger partial charge in [0.15, 0.2) is 0 Å². The van der Waals surface area contributed by atoms with Gasteiger partial charge in [0.25, 0.3) is 5.91 Å². The largest absolute Gasteiger partial charge is 0.396 e. The molecule has 1 aromatic rings. The molecule has 5 heteroatoms. The van der Waals surface area contributed by atoms with Crippen LogP contribution in [-0.4, -0.2) is 26.2 Å². The molecule has 0 saturated heterocycles. The summed E-state index contributed by atoms with van der Waals surface area (Å²) in [6, 6.07) is 4.21. The first-order valence-corrected chi connectivity index (χ1v) is 6.18. The Morgan fingerprint density at radius 3 is 2.79 bits per heavy atom. The number of carbonyl (C=O) groups excluding carboxylic acids is 1. The minimum atomic E-state index is -0.578. The number of hydrogen-bond acceptors (Lipinski definition) is 3. The Kier molecular flexibility index (Phi) is 5.30. The lowest BCUT2D eigenvalue weighted by Crippen LogP contribution is -2.35. The minimum Gasteiger partial charge on any atom is -0.396 e. The number of para-hydroxylation sites is 1. The summed E-state index contributed by atoms with van der Waals surface area (Å²) < 4.78 is 18.3. The lowest BCUT2D eigenvalue weighted by molar-refractivity contribution is 0.0921. The Morgan fingerprint density at radius 2 is 2.16 bits per heavy atom. The fraction of sp³-hybridized carbons (Fsp3) is 0.500. The molecule has 0 aromatic heterocycles. The van der Waals surface area contributed by atoms with Crippen LogP contribution in [-0.2, 0) is 4.74 Å². The van der Waals surface area contributed by atoms with Crippen LogP contribution in [0.25, 0.3) is 0 Å². The quantitative estimate of drug-likeness (QED) is 0.777. The number of nitrogen functional groups attached to an aromatic ring is 1. The average Bonchev–Trinajstić information content (AvgIpc) is 2.37. The van der Waals surface area contributed by atoms with Crippen molar-refractivity contribution in [2.24, 2.45) is 5.41 Å². The van der Waals surface area contributed by atoms with E-state index >= 15 is 0 Å². The molecule has 0 saturated carbocycles. The Bertz CT molecular complexity index is 447. The fourth-order valence-electron chi connectivity index (χ4n) is 1.62. The Hall–Kier alpha value is -1.62. The van der Waals surface area contributed by atoms with Gasteiger partial charge >= 0.3 is 0 Å². The number of carbonyl (C=O) groups is 1. The molecule has 19 heavy (non-hydrogen) atoms. The molecule has 0 fully saturated rings. The van der Waals surface area contributed by atoms with E-state index in [9.17, 15) is 9.18 Å². The molecule has 0 aliphatic carbocycles. The van der Waals surface area contributed by atoms with Crippen molar-refractivity contribution in [2.75, 3.05) is 26.0 Å². The highest BCUT2D eigenvalue weighted by Crippen LogP contribution is 2.20. The summed E-state index contributed by atoms with van der Waals surface area (Å²) in [5.74, 6) is -0.936. The lowest BCUT2D eigenvalue weighted by Gasteiger charge is -2.24. The monoisotopic (exact) mass is 268 g/mol. The van der Waals surface area contributed by atoms with E-state index in [2.05, 4.69) is 5.32 Å². The number of rotatable bonds is 6. The van der Waals surface area contributed by atoms with Crippen molar-refractivity contribution in [1.29, 1.82) is 0 Å². The predicted octanol–water partition coefficient (Wildman–Crippen LogP) is 2.20. The van der Waals surface area contributed by atoms with Crippen LogP contribution >= 0.6 is 0 Å². The smallest absolute Gasteiger partial charge is 0.253 e. The normalized spacial score (nSPS) is 11.4. The molecule has 1 aromatic carbocycles. The first kappa shape index (κ1) is 15.4. The molecule has 0 aliphatic rings. The second-order valence-corrected chi connectivity index (χ2v) is 5.29. The maximum atomic E-state index is 13.3. The second kappa shape index (κ2) is 6.52. The van der Waals surface area contributed by atoms with Gasteiger partial charge in [-0.15, -0.1) is 0 Å². The van der Waals surface area contributed by atoms with Crippen LogP contribution in [0.2, 0.25) is 0 Å². The number of halogens is 1. The van der Waals surface area contributed by atoms with Gasteiger partial charge in [-0.1, -0.05) is 19.9 Å². The molecule has 0 atom stereocenters. The van der Waals surface area contributed by atoms with E-state index in [4.69, 9.17) is 10.5 Å². The van der Waals surface area contributed by atoms with Crippen LogP contribution < -0.4 is 11.1 Å². The highest BCUT2D eigenvalue weighted by atomic mass is 19.1. The Labute approximate surface area is 113 Å². The van der Waals surface area contributed by atoms with Crippen molar-refractivity contribution in [3.05, 3.63) is 29.6 Å². The number of methoxy groups -OCH3 is 1. The van der Waals surface area contributed by atoms with Crippen molar-refractivity contribution in [3.8, 4) is 0 Å². The molecule has 0 aliphatic heterocycles. The van der Waals surface area contributed by atoms with Crippen LogP contribution in [0.1, 0.15) is 30.6 Å². The molecule has 3 N–H and O–H groups in total. The Balaban J connectivity index is 2.63. The number of hydrogen-bond donors (Lipinski definition) is 2. The zero-order chi connectivity index (χ0) is 14.5. The van der Waals surface area contributed by atoms with E-state index < -0.39 is 5.82 Å². The van der Waals surface area contributed by atoms with Gasteiger partial charge in [0.05, 0.1) is 11.3 Å². The number of anilines is 1. The topological polar surface area (TPSA) is 64.3 Å². The van der Waals surface area contributed by atoms with E-state index in [1.807, 2.05) is 13.8 Å². The van der Waals surface area contributed by atoms with Crippen molar-refractivity contribution in [3.63, 3.8) is 0 Å². The minimum absolute atomic E-state index is 0.0895. The first-order valence-electron chi connectivity index (χ1n) is 6.18. The van der Waals surface area contributed by atoms with Crippen LogP contribution in [0.3, 0.4) is 0 Å². The highest BCUT2D eigenvalue weighted by Gasteiger charge is 2.20. The summed E-state index contributed by atoms with van der Waals surface area (Å²) in [4.78, 5) is 11.9. The Morgan fingerprint density at radius 1 is 1.47 bits per heavy atom. The maximum absolute atomic E-state index is 13.3. The van der Waals surface area contributed by atoms with Crippen LogP contribution in [0.15, 0.2) is 18.2 Å². The molecule has 0 heterocycles. The molecular weight excluding hydrogens is 247 g/mol. The number of nitrogens with one attached hydrogen (secondary N) is 1. The summed E-state index contributed by atoms with van der Waals surface area (Å²) >= 11 is 0. The van der Waals surface area contributed by atoms with Gasteiger partial charge in [-0.05, 0) is 24.0 Å². The summed E-state index contributed by atoms with van der Waals surface area (Å²) in [6.07, 6.45) is 0.822. The van der Waals surface area contributed by atoms with Gasteiger partial charge < -0.3 is 15.8 Å². The van der Waals surface area contributed by atoms with Crippen LogP contribution in [0.5, 0.6) is 0 Å². The number of amides is 1. The maximum Gasteiger partial charge on any atom is 0.253 e. The molecule has 0 radical (unpaired) electrons. The van der Waals surface area contributed by atoms with Crippen LogP contribution in [0.4, 0.5) is 10.1 Å². The van der Waals surface area contributed by atoms with Gasteiger partial charge in [-0.25, -0.2) is 4.39 Å². The molecule has 4 nitrogen and oxygen atoms in total. The third kappa shape index (κ3) is 4.52. The van der Waals surface area contributed by atoms with Gasteiger partial charge in [0.1, 0.15) is 5.82 Å². The molecular formula is C14H21FN2O2. The highest BCUT2D eigenvalue weighted by molar-refractivity contribution is 5.99. The van der Waals surface area contributed by atoms with E-state index in [1.54, 1.807) is 7.11 Å². The summed E-state index contributed by atoms with van der Waals surface area (Å²) in [5, 5.41) is 2.78. The second-order valence-electron chi connectivity index (χ2n) is 5.29. The summed E-state index contributed by atoms with van der Waals surface area (Å²) in [6.45, 7) is 5.17. The van der Waals surface area contributed by atoms with Crippen LogP contribution in [0, 0.1) is 11.2 Å². The molecule has 0 bridgehead atoms. The number of ether oxygens (including phenoxy) is 1. The van der Waals surface area contributed by atoms with E-state index in [0.29, 0.717) is 13.2 Å². The van der Waals surface area contributed by atoms with E-state index in [0.717, 1.165) is 6.42 Å². The number of nitrogens with two attached hydrogens (primary N) is 1. The molecule has 1 rings (SSSR count). The van der Waals surface area contributed by atoms with E-state index in [-0.39, 0.29) is 22.6 Å². The summed E-state index contributed by atoms with van der Waals surface area (Å²) in [5.41, 5.74) is 5.51. The van der Waals surface area contributed by atoms with Crippen molar-refractivity contribution < 1.29 is 13.9 Å². The molecule has 0 unspecified atom stereocenters. The van der Waals surface area contributed by atoms with E-state index in [1.165, 1.54) is 18.2 Å². The fourth-order valence-corrected chi connectivity index (χ4v) is 1.62. The van der Waals surface area contributed by atoms with Crippen molar-refractivity contribution >= 4 is 11.6 Å². The van der Waals surface area contributed by atoms with Gasteiger partial charge in [-0.2, -0.15) is 0 Å². The zero-order valence-electron chi connectivity index (χ0n) is 11.6. The SMILES string of the molecule is COCCC(C)(C)CNC(=O)c1cccc(F)c1N. The van der Waals surface area contributed by atoms with Crippen molar-refractivity contribution in [1.82, 2.24) is 5.32 Å². The standard InChI is InChI=1S/C14H21FN2O2/c1-14(2,7-8-19-3)9-17-13(18)10-5-4-6-11(15)12(10)16/h4-6H,7-9,16H2,1-3H3,(H,17,18). The molecule has 1 amide bonds. The lowest BCUT2D eigenvalue weighted by atomic mass is 9.89. The third-order valence-corrected chi connectivity index (χ3v) is 3.01. The zero-order valence-corrected chi connectivity index (χ0v) is 11.6. The number of benzene rings is 1. The first-order chi connectivity index (χ1) is 8.87. The van der Waals surface area contributed by atoms with Gasteiger partial charge in [-0.3, -0.25) is 4.79 Å². The molecule has 0 spiro atoms. The third-order valence-electron chi connectivity index (χ3n) is 3.01. The molecule has 106 valence electrons. The van der Waals surface area contributed by atoms with Gasteiger partial charge in [0.2, 0.25) is 0 Å². The van der Waals surface area contributed by atoms with Crippen molar-refractivity contribution in [2.45, 2.75) is 20.3 Å². The van der Waals surface area contributed by atoms with Gasteiger partial charge in [0, 0.05) is 20.3 Å². The average molecular weight is 268 g/mol. The summed E-state index contributed by atoms with van der Waals surface area (Å²) in [7, 11) is 1.64. The predicted molar refractivity (Wildman–Crippen MR) is 73.4 cm³/mol.